The molecule has 0 amide bonds. The number of hydrogen-bond donors (Lipinski definition) is 1. The normalized spacial score (nSPS) is 12.7. The molecule has 1 N–H and O–H groups in total. The molecule has 3 heteroatoms. The zero-order valence-electron chi connectivity index (χ0n) is 11.9. The van der Waals surface area contributed by atoms with Gasteiger partial charge in [-0.2, -0.15) is 0 Å². The summed E-state index contributed by atoms with van der Waals surface area (Å²) >= 11 is 0. The molecule has 0 bridgehead atoms. The molecule has 0 saturated carbocycles. The first-order valence-corrected chi connectivity index (χ1v) is 6.94. The zero-order chi connectivity index (χ0) is 13.9. The monoisotopic (exact) mass is 265 g/mol. The minimum atomic E-state index is 0.316. The molecule has 1 aromatic heterocycles. The van der Waals surface area contributed by atoms with Crippen LogP contribution >= 0.6 is 0 Å². The van der Waals surface area contributed by atoms with Crippen molar-refractivity contribution in [3.63, 3.8) is 0 Å². The molecule has 0 spiro atoms. The number of aryl methyl sites for hydroxylation is 1. The molecule has 0 fully saturated rings. The van der Waals surface area contributed by atoms with Crippen molar-refractivity contribution in [3.05, 3.63) is 66.0 Å². The Bertz CT molecular complexity index is 701. The first-order chi connectivity index (χ1) is 9.75. The van der Waals surface area contributed by atoms with Gasteiger partial charge in [-0.25, -0.2) is 4.98 Å². The largest absolute Gasteiger partial charge is 0.330 e. The van der Waals surface area contributed by atoms with E-state index < -0.39 is 0 Å². The average Bonchev–Trinajstić information content (AvgIpc) is 2.83. The number of imidazole rings is 1. The number of fused-ring (bicyclic) bond motifs is 1. The fourth-order valence-corrected chi connectivity index (χ4v) is 2.46. The Morgan fingerprint density at radius 2 is 1.75 bits per heavy atom. The first kappa shape index (κ1) is 12.9. The highest BCUT2D eigenvalue weighted by Gasteiger charge is 2.09. The molecule has 0 aliphatic carbocycles. The number of hydrogen-bond acceptors (Lipinski definition) is 2. The topological polar surface area (TPSA) is 29.9 Å². The van der Waals surface area contributed by atoms with Crippen molar-refractivity contribution in [1.82, 2.24) is 14.9 Å². The molecule has 102 valence electrons. The molecular weight excluding hydrogens is 246 g/mol. The van der Waals surface area contributed by atoms with Gasteiger partial charge in [0.05, 0.1) is 17.6 Å². The lowest BCUT2D eigenvalue weighted by Gasteiger charge is -2.13. The summed E-state index contributed by atoms with van der Waals surface area (Å²) in [6.07, 6.45) is 0. The highest BCUT2D eigenvalue weighted by Crippen LogP contribution is 2.16. The van der Waals surface area contributed by atoms with Crippen LogP contribution in [-0.4, -0.2) is 9.55 Å². The Morgan fingerprint density at radius 1 is 1.05 bits per heavy atom. The molecule has 0 aliphatic heterocycles. The van der Waals surface area contributed by atoms with Crippen LogP contribution in [0.5, 0.6) is 0 Å². The molecule has 0 radical (unpaired) electrons. The predicted molar refractivity (Wildman–Crippen MR) is 82.4 cm³/mol. The molecule has 2 aromatic carbocycles. The van der Waals surface area contributed by atoms with Gasteiger partial charge in [0.25, 0.3) is 0 Å². The number of nitrogens with zero attached hydrogens (tertiary/aromatic N) is 2. The van der Waals surface area contributed by atoms with Crippen LogP contribution in [-0.2, 0) is 13.6 Å². The van der Waals surface area contributed by atoms with Crippen molar-refractivity contribution in [1.29, 1.82) is 0 Å². The maximum absolute atomic E-state index is 4.68. The summed E-state index contributed by atoms with van der Waals surface area (Å²) in [7, 11) is 2.07. The average molecular weight is 265 g/mol. The summed E-state index contributed by atoms with van der Waals surface area (Å²) in [6.45, 7) is 2.94. The minimum absolute atomic E-state index is 0.316. The van der Waals surface area contributed by atoms with E-state index in [0.29, 0.717) is 6.04 Å². The van der Waals surface area contributed by atoms with Gasteiger partial charge in [0.2, 0.25) is 0 Å². The van der Waals surface area contributed by atoms with Gasteiger partial charge in [0, 0.05) is 13.1 Å². The smallest absolute Gasteiger partial charge is 0.123 e. The second kappa shape index (κ2) is 5.47. The van der Waals surface area contributed by atoms with E-state index in [1.165, 1.54) is 11.1 Å². The highest BCUT2D eigenvalue weighted by molar-refractivity contribution is 5.75. The van der Waals surface area contributed by atoms with Crippen LogP contribution in [0.3, 0.4) is 0 Å². The number of nitrogens with one attached hydrogen (secondary N) is 1. The lowest BCUT2D eigenvalue weighted by molar-refractivity contribution is 0.551. The van der Waals surface area contributed by atoms with Crippen LogP contribution in [0, 0.1) is 0 Å². The molecule has 3 rings (SSSR count). The van der Waals surface area contributed by atoms with Crippen LogP contribution in [0.25, 0.3) is 11.0 Å². The fourth-order valence-electron chi connectivity index (χ4n) is 2.46. The van der Waals surface area contributed by atoms with Crippen LogP contribution in [0.2, 0.25) is 0 Å². The molecule has 1 heterocycles. The van der Waals surface area contributed by atoms with Gasteiger partial charge >= 0.3 is 0 Å². The number of rotatable bonds is 4. The van der Waals surface area contributed by atoms with Crippen molar-refractivity contribution in [2.45, 2.75) is 19.5 Å². The van der Waals surface area contributed by atoms with E-state index in [0.717, 1.165) is 17.9 Å². The molecule has 0 unspecified atom stereocenters. The third-order valence-corrected chi connectivity index (χ3v) is 3.75. The molecule has 0 aliphatic rings. The lowest BCUT2D eigenvalue weighted by atomic mass is 10.1. The van der Waals surface area contributed by atoms with E-state index in [2.05, 4.69) is 65.2 Å². The zero-order valence-corrected chi connectivity index (χ0v) is 11.9. The Labute approximate surface area is 119 Å². The summed E-state index contributed by atoms with van der Waals surface area (Å²) < 4.78 is 2.15. The quantitative estimate of drug-likeness (QED) is 0.783. The number of benzene rings is 2. The van der Waals surface area contributed by atoms with Crippen LogP contribution in [0.4, 0.5) is 0 Å². The molecule has 3 aromatic rings. The summed E-state index contributed by atoms with van der Waals surface area (Å²) in [5, 5.41) is 3.53. The number of para-hydroxylation sites is 2. The molecule has 3 nitrogen and oxygen atoms in total. The summed E-state index contributed by atoms with van der Waals surface area (Å²) in [4.78, 5) is 4.68. The second-order valence-corrected chi connectivity index (χ2v) is 5.09. The Kier molecular flexibility index (Phi) is 3.52. The van der Waals surface area contributed by atoms with E-state index in [-0.39, 0.29) is 0 Å². The second-order valence-electron chi connectivity index (χ2n) is 5.09. The van der Waals surface area contributed by atoms with Crippen molar-refractivity contribution in [2.75, 3.05) is 0 Å². The van der Waals surface area contributed by atoms with Gasteiger partial charge in [-0.3, -0.25) is 0 Å². The van der Waals surface area contributed by atoms with Gasteiger partial charge in [0.1, 0.15) is 5.82 Å². The highest BCUT2D eigenvalue weighted by atomic mass is 15.1. The Morgan fingerprint density at radius 3 is 2.50 bits per heavy atom. The van der Waals surface area contributed by atoms with E-state index in [1.807, 2.05) is 18.2 Å². The van der Waals surface area contributed by atoms with Crippen molar-refractivity contribution in [2.24, 2.45) is 7.05 Å². The van der Waals surface area contributed by atoms with Gasteiger partial charge < -0.3 is 9.88 Å². The third kappa shape index (κ3) is 2.45. The van der Waals surface area contributed by atoms with Gasteiger partial charge in [-0.15, -0.1) is 0 Å². The third-order valence-electron chi connectivity index (χ3n) is 3.75. The molecule has 20 heavy (non-hydrogen) atoms. The summed E-state index contributed by atoms with van der Waals surface area (Å²) in [5.41, 5.74) is 3.53. The standard InChI is InChI=1S/C17H19N3/c1-13(14-8-4-3-5-9-14)18-12-17-19-15-10-6-7-11-16(15)20(17)2/h3-11,13,18H,12H2,1-2H3/t13-/m0/s1. The van der Waals surface area contributed by atoms with Crippen molar-refractivity contribution in [3.8, 4) is 0 Å². The Hall–Kier alpha value is -2.13. The van der Waals surface area contributed by atoms with Gasteiger partial charge in [-0.05, 0) is 24.6 Å². The van der Waals surface area contributed by atoms with E-state index in [1.54, 1.807) is 0 Å². The van der Waals surface area contributed by atoms with Crippen LogP contribution < -0.4 is 5.32 Å². The lowest BCUT2D eigenvalue weighted by Crippen LogP contribution is -2.20. The van der Waals surface area contributed by atoms with Crippen molar-refractivity contribution < 1.29 is 0 Å². The SMILES string of the molecule is C[C@H](NCc1nc2ccccc2n1C)c1ccccc1. The number of aromatic nitrogens is 2. The van der Waals surface area contributed by atoms with E-state index in [9.17, 15) is 0 Å². The van der Waals surface area contributed by atoms with Crippen molar-refractivity contribution >= 4 is 11.0 Å². The van der Waals surface area contributed by atoms with Crippen LogP contribution in [0.15, 0.2) is 54.6 Å². The molecule has 1 atom stereocenters. The minimum Gasteiger partial charge on any atom is -0.330 e. The predicted octanol–water partition coefficient (Wildman–Crippen LogP) is 3.42. The maximum atomic E-state index is 4.68. The molecule has 0 saturated heterocycles. The van der Waals surface area contributed by atoms with Gasteiger partial charge in [-0.1, -0.05) is 42.5 Å². The molecular formula is C17H19N3. The summed E-state index contributed by atoms with van der Waals surface area (Å²) in [6, 6.07) is 19.0. The maximum Gasteiger partial charge on any atom is 0.123 e. The first-order valence-electron chi connectivity index (χ1n) is 6.94. The summed E-state index contributed by atoms with van der Waals surface area (Å²) in [5.74, 6) is 1.06. The van der Waals surface area contributed by atoms with E-state index >= 15 is 0 Å². The van der Waals surface area contributed by atoms with E-state index in [4.69, 9.17) is 0 Å². The Balaban J connectivity index is 1.76. The fraction of sp³-hybridized carbons (Fsp3) is 0.235. The van der Waals surface area contributed by atoms with Crippen LogP contribution in [0.1, 0.15) is 24.4 Å². The van der Waals surface area contributed by atoms with Gasteiger partial charge in [0.15, 0.2) is 0 Å².